The van der Waals surface area contributed by atoms with Crippen molar-refractivity contribution in [3.05, 3.63) is 75.0 Å². The first kappa shape index (κ1) is 23.3. The van der Waals surface area contributed by atoms with Crippen LogP contribution in [0, 0.1) is 10.1 Å². The Morgan fingerprint density at radius 1 is 1.21 bits per heavy atom. The second-order valence-corrected chi connectivity index (χ2v) is 6.81. The number of non-ortho nitro benzene ring substituents is 1. The van der Waals surface area contributed by atoms with Gasteiger partial charge in [-0.15, -0.1) is 0 Å². The number of aldehydes is 1. The number of hydrogen-bond donors (Lipinski definition) is 2. The predicted octanol–water partition coefficient (Wildman–Crippen LogP) is 2.67. The predicted molar refractivity (Wildman–Crippen MR) is 115 cm³/mol. The SMILES string of the molecule is CCOC(=O)C1=C(COc2ccc(C=O)cc2OC)NC(=O)N[C@@H]1c1cccc([N+](=O)[O-])c1. The van der Waals surface area contributed by atoms with Crippen molar-refractivity contribution in [2.75, 3.05) is 20.3 Å². The van der Waals surface area contributed by atoms with E-state index in [1.54, 1.807) is 13.0 Å². The van der Waals surface area contributed by atoms with Crippen molar-refractivity contribution in [3.63, 3.8) is 0 Å². The number of nitro benzene ring substituents is 1. The summed E-state index contributed by atoms with van der Waals surface area (Å²) in [5, 5.41) is 16.3. The number of benzene rings is 2. The lowest BCUT2D eigenvalue weighted by Gasteiger charge is -2.29. The molecular formula is C22H21N3O8. The quantitative estimate of drug-likeness (QED) is 0.254. The molecule has 1 heterocycles. The number of carbonyl (C=O) groups is 3. The molecule has 0 aliphatic carbocycles. The molecule has 0 aromatic heterocycles. The second-order valence-electron chi connectivity index (χ2n) is 6.81. The lowest BCUT2D eigenvalue weighted by atomic mass is 9.95. The van der Waals surface area contributed by atoms with Crippen molar-refractivity contribution in [2.45, 2.75) is 13.0 Å². The Morgan fingerprint density at radius 3 is 2.67 bits per heavy atom. The summed E-state index contributed by atoms with van der Waals surface area (Å²) in [6, 6.07) is 8.50. The zero-order valence-corrected chi connectivity index (χ0v) is 17.8. The molecule has 1 atom stereocenters. The Balaban J connectivity index is 2.01. The van der Waals surface area contributed by atoms with Gasteiger partial charge in [0.05, 0.1) is 36.0 Å². The van der Waals surface area contributed by atoms with Crippen LogP contribution in [0.1, 0.15) is 28.9 Å². The highest BCUT2D eigenvalue weighted by Crippen LogP contribution is 2.32. The molecule has 1 aliphatic rings. The van der Waals surface area contributed by atoms with Gasteiger partial charge in [0.2, 0.25) is 0 Å². The third-order valence-electron chi connectivity index (χ3n) is 4.76. The maximum atomic E-state index is 12.8. The van der Waals surface area contributed by atoms with Gasteiger partial charge >= 0.3 is 12.0 Å². The number of hydrogen-bond acceptors (Lipinski definition) is 8. The van der Waals surface area contributed by atoms with Crippen LogP contribution in [-0.2, 0) is 9.53 Å². The fourth-order valence-corrected chi connectivity index (χ4v) is 3.28. The Kier molecular flexibility index (Phi) is 7.24. The van der Waals surface area contributed by atoms with E-state index in [4.69, 9.17) is 14.2 Å². The van der Waals surface area contributed by atoms with Crippen molar-refractivity contribution < 1.29 is 33.5 Å². The minimum absolute atomic E-state index is 0.0421. The largest absolute Gasteiger partial charge is 0.493 e. The molecule has 2 amide bonds. The molecule has 0 radical (unpaired) electrons. The molecule has 1 aliphatic heterocycles. The summed E-state index contributed by atoms with van der Waals surface area (Å²) in [4.78, 5) is 46.8. The molecule has 0 fully saturated rings. The van der Waals surface area contributed by atoms with Crippen molar-refractivity contribution >= 4 is 24.0 Å². The number of nitrogens with one attached hydrogen (secondary N) is 2. The van der Waals surface area contributed by atoms with Gasteiger partial charge in [0.1, 0.15) is 12.9 Å². The van der Waals surface area contributed by atoms with Gasteiger partial charge in [-0.25, -0.2) is 9.59 Å². The van der Waals surface area contributed by atoms with Crippen molar-refractivity contribution in [1.29, 1.82) is 0 Å². The van der Waals surface area contributed by atoms with Crippen LogP contribution in [0.15, 0.2) is 53.7 Å². The second kappa shape index (κ2) is 10.3. The van der Waals surface area contributed by atoms with Crippen molar-refractivity contribution in [1.82, 2.24) is 10.6 Å². The number of rotatable bonds is 9. The fraction of sp³-hybridized carbons (Fsp3) is 0.227. The molecule has 0 saturated carbocycles. The zero-order chi connectivity index (χ0) is 24.0. The normalized spacial score (nSPS) is 15.2. The number of ether oxygens (including phenoxy) is 3. The lowest BCUT2D eigenvalue weighted by molar-refractivity contribution is -0.384. The zero-order valence-electron chi connectivity index (χ0n) is 17.8. The monoisotopic (exact) mass is 455 g/mol. The van der Waals surface area contributed by atoms with E-state index < -0.39 is 23.0 Å². The van der Waals surface area contributed by atoms with E-state index in [9.17, 15) is 24.5 Å². The standard InChI is InChI=1S/C22H21N3O8/c1-3-32-21(27)19-16(12-33-17-8-7-13(11-26)9-18(17)31-2)23-22(28)24-20(19)14-5-4-6-15(10-14)25(29)30/h4-11,20H,3,12H2,1-2H3,(H2,23,24,28)/t20-/m1/s1. The highest BCUT2D eigenvalue weighted by atomic mass is 16.6. The van der Waals surface area contributed by atoms with Crippen LogP contribution in [0.3, 0.4) is 0 Å². The van der Waals surface area contributed by atoms with Crippen molar-refractivity contribution in [3.8, 4) is 11.5 Å². The van der Waals surface area contributed by atoms with Crippen molar-refractivity contribution in [2.24, 2.45) is 0 Å². The molecule has 0 saturated heterocycles. The Bertz CT molecular complexity index is 1130. The number of carbonyl (C=O) groups excluding carboxylic acids is 3. The van der Waals surface area contributed by atoms with Gasteiger partial charge < -0.3 is 24.8 Å². The van der Waals surface area contributed by atoms with E-state index in [0.29, 0.717) is 17.4 Å². The molecule has 2 aromatic carbocycles. The fourth-order valence-electron chi connectivity index (χ4n) is 3.28. The molecule has 11 nitrogen and oxygen atoms in total. The van der Waals surface area contributed by atoms with Gasteiger partial charge in [0, 0.05) is 17.7 Å². The smallest absolute Gasteiger partial charge is 0.338 e. The third kappa shape index (κ3) is 5.26. The molecule has 0 bridgehead atoms. The van der Waals surface area contributed by atoms with E-state index in [0.717, 1.165) is 0 Å². The molecule has 172 valence electrons. The maximum Gasteiger partial charge on any atom is 0.338 e. The summed E-state index contributed by atoms with van der Waals surface area (Å²) in [7, 11) is 1.41. The van der Waals surface area contributed by atoms with Gasteiger partial charge in [0.25, 0.3) is 5.69 Å². The Labute approximate surface area is 188 Å². The third-order valence-corrected chi connectivity index (χ3v) is 4.76. The highest BCUT2D eigenvalue weighted by Gasteiger charge is 2.34. The summed E-state index contributed by atoms with van der Waals surface area (Å²) in [6.07, 6.45) is 0.657. The number of esters is 1. The van der Waals surface area contributed by atoms with E-state index >= 15 is 0 Å². The molecule has 33 heavy (non-hydrogen) atoms. The molecule has 0 spiro atoms. The molecule has 0 unspecified atom stereocenters. The molecular weight excluding hydrogens is 434 g/mol. The van der Waals surface area contributed by atoms with Gasteiger partial charge in [0.15, 0.2) is 11.5 Å². The summed E-state index contributed by atoms with van der Waals surface area (Å²) >= 11 is 0. The summed E-state index contributed by atoms with van der Waals surface area (Å²) in [5.74, 6) is -0.157. The Hall–Kier alpha value is -4.41. The van der Waals surface area contributed by atoms with Crippen LogP contribution in [0.25, 0.3) is 0 Å². The number of methoxy groups -OCH3 is 1. The Morgan fingerprint density at radius 2 is 2.00 bits per heavy atom. The first-order valence-electron chi connectivity index (χ1n) is 9.86. The molecule has 2 aromatic rings. The number of nitro groups is 1. The minimum Gasteiger partial charge on any atom is -0.493 e. The van der Waals surface area contributed by atoms with Crippen LogP contribution in [0.2, 0.25) is 0 Å². The molecule has 11 heteroatoms. The van der Waals surface area contributed by atoms with Crippen LogP contribution in [0.4, 0.5) is 10.5 Å². The van der Waals surface area contributed by atoms with Gasteiger partial charge in [-0.1, -0.05) is 12.1 Å². The van der Waals surface area contributed by atoms with Gasteiger partial charge in [-0.05, 0) is 30.7 Å². The average Bonchev–Trinajstić information content (AvgIpc) is 2.82. The van der Waals surface area contributed by atoms with Crippen LogP contribution in [-0.4, -0.2) is 43.5 Å². The van der Waals surface area contributed by atoms with Crippen LogP contribution >= 0.6 is 0 Å². The van der Waals surface area contributed by atoms with E-state index in [1.807, 2.05) is 0 Å². The summed E-state index contributed by atoms with van der Waals surface area (Å²) < 4.78 is 16.2. The lowest BCUT2D eigenvalue weighted by Crippen LogP contribution is -2.47. The summed E-state index contributed by atoms with van der Waals surface area (Å²) in [5.41, 5.74) is 0.677. The number of amides is 2. The number of nitrogens with zero attached hydrogens (tertiary/aromatic N) is 1. The van der Waals surface area contributed by atoms with Gasteiger partial charge in [-0.2, -0.15) is 0 Å². The van der Waals surface area contributed by atoms with Crippen LogP contribution in [0.5, 0.6) is 11.5 Å². The minimum atomic E-state index is -1.00. The first-order chi connectivity index (χ1) is 15.9. The topological polar surface area (TPSA) is 146 Å². The highest BCUT2D eigenvalue weighted by molar-refractivity contribution is 5.95. The van der Waals surface area contributed by atoms with Gasteiger partial charge in [-0.3, -0.25) is 14.9 Å². The van der Waals surface area contributed by atoms with E-state index in [1.165, 1.54) is 43.5 Å². The maximum absolute atomic E-state index is 12.8. The molecule has 2 N–H and O–H groups in total. The first-order valence-corrected chi connectivity index (χ1v) is 9.86. The van der Waals surface area contributed by atoms with Crippen LogP contribution < -0.4 is 20.1 Å². The number of urea groups is 1. The average molecular weight is 455 g/mol. The van der Waals surface area contributed by atoms with E-state index in [2.05, 4.69) is 10.6 Å². The molecule has 3 rings (SSSR count). The van der Waals surface area contributed by atoms with E-state index in [-0.39, 0.29) is 41.7 Å². The summed E-state index contributed by atoms with van der Waals surface area (Å²) in [6.45, 7) is 1.46.